The van der Waals surface area contributed by atoms with E-state index in [2.05, 4.69) is 26.8 Å². The van der Waals surface area contributed by atoms with Crippen molar-refractivity contribution in [1.82, 2.24) is 0 Å². The van der Waals surface area contributed by atoms with E-state index in [1.165, 1.54) is 16.7 Å². The van der Waals surface area contributed by atoms with Crippen LogP contribution in [0.15, 0.2) is 12.1 Å². The molecule has 0 saturated heterocycles. The van der Waals surface area contributed by atoms with Crippen molar-refractivity contribution in [2.75, 3.05) is 6.61 Å². The van der Waals surface area contributed by atoms with E-state index in [1.54, 1.807) is 0 Å². The van der Waals surface area contributed by atoms with Gasteiger partial charge in [0.05, 0.1) is 6.61 Å². The Labute approximate surface area is 74.4 Å². The predicted molar refractivity (Wildman–Crippen MR) is 51.8 cm³/mol. The van der Waals surface area contributed by atoms with Crippen LogP contribution < -0.4 is 4.74 Å². The fourth-order valence-corrected chi connectivity index (χ4v) is 1.24. The fourth-order valence-electron chi connectivity index (χ4n) is 1.24. The van der Waals surface area contributed by atoms with Gasteiger partial charge in [0, 0.05) is 0 Å². The highest BCUT2D eigenvalue weighted by Gasteiger charge is 2.02. The van der Waals surface area contributed by atoms with Gasteiger partial charge in [-0.3, -0.25) is 0 Å². The van der Waals surface area contributed by atoms with Crippen molar-refractivity contribution < 1.29 is 4.74 Å². The van der Waals surface area contributed by atoms with E-state index in [-0.39, 0.29) is 0 Å². The molecule has 0 N–H and O–H groups in total. The van der Waals surface area contributed by atoms with Gasteiger partial charge in [-0.15, -0.1) is 0 Å². The Morgan fingerprint density at radius 1 is 1.08 bits per heavy atom. The molecule has 0 aliphatic heterocycles. The van der Waals surface area contributed by atoms with Crippen LogP contribution in [0.1, 0.15) is 23.6 Å². The van der Waals surface area contributed by atoms with Crippen molar-refractivity contribution in [3.8, 4) is 5.75 Å². The summed E-state index contributed by atoms with van der Waals surface area (Å²) < 4.78 is 5.47. The Morgan fingerprint density at radius 2 is 1.75 bits per heavy atom. The van der Waals surface area contributed by atoms with Crippen LogP contribution in [0.2, 0.25) is 0 Å². The second kappa shape index (κ2) is 3.61. The topological polar surface area (TPSA) is 9.23 Å². The monoisotopic (exact) mass is 164 g/mol. The van der Waals surface area contributed by atoms with Crippen LogP contribution in [0, 0.1) is 20.8 Å². The third kappa shape index (κ3) is 1.60. The van der Waals surface area contributed by atoms with Crippen molar-refractivity contribution in [3.63, 3.8) is 0 Å². The Kier molecular flexibility index (Phi) is 2.74. The van der Waals surface area contributed by atoms with Crippen molar-refractivity contribution in [3.05, 3.63) is 28.8 Å². The summed E-state index contributed by atoms with van der Waals surface area (Å²) in [4.78, 5) is 0. The quantitative estimate of drug-likeness (QED) is 0.653. The molecule has 1 heteroatoms. The molecule has 0 saturated carbocycles. The molecule has 0 aromatic heterocycles. The molecule has 0 atom stereocenters. The standard InChI is InChI=1S/C11H16O/c1-5-12-11-7-6-8(2)9(3)10(11)4/h6-7H,5H2,1-4H3. The Morgan fingerprint density at radius 3 is 2.33 bits per heavy atom. The molecular weight excluding hydrogens is 148 g/mol. The summed E-state index contributed by atoms with van der Waals surface area (Å²) in [6, 6.07) is 4.15. The smallest absolute Gasteiger partial charge is 0.122 e. The van der Waals surface area contributed by atoms with E-state index in [0.29, 0.717) is 0 Å². The number of aryl methyl sites for hydroxylation is 1. The van der Waals surface area contributed by atoms with E-state index in [9.17, 15) is 0 Å². The number of rotatable bonds is 2. The third-order valence-corrected chi connectivity index (χ3v) is 2.31. The first-order chi connectivity index (χ1) is 5.66. The summed E-state index contributed by atoms with van der Waals surface area (Å²) in [5, 5.41) is 0. The largest absolute Gasteiger partial charge is 0.494 e. The maximum Gasteiger partial charge on any atom is 0.122 e. The van der Waals surface area contributed by atoms with Crippen molar-refractivity contribution >= 4 is 0 Å². The average Bonchev–Trinajstić information content (AvgIpc) is 2.07. The van der Waals surface area contributed by atoms with E-state index in [1.807, 2.05) is 13.0 Å². The fraction of sp³-hybridized carbons (Fsp3) is 0.455. The highest BCUT2D eigenvalue weighted by Crippen LogP contribution is 2.23. The van der Waals surface area contributed by atoms with Crippen molar-refractivity contribution in [1.29, 1.82) is 0 Å². The molecule has 0 radical (unpaired) electrons. The first kappa shape index (κ1) is 9.11. The van der Waals surface area contributed by atoms with Crippen LogP contribution in [0.25, 0.3) is 0 Å². The average molecular weight is 164 g/mol. The summed E-state index contributed by atoms with van der Waals surface area (Å²) in [7, 11) is 0. The molecule has 0 amide bonds. The number of hydrogen-bond acceptors (Lipinski definition) is 1. The summed E-state index contributed by atoms with van der Waals surface area (Å²) in [5.74, 6) is 1.01. The molecule has 0 aliphatic rings. The first-order valence-electron chi connectivity index (χ1n) is 4.36. The lowest BCUT2D eigenvalue weighted by molar-refractivity contribution is 0.337. The maximum atomic E-state index is 5.47. The molecule has 12 heavy (non-hydrogen) atoms. The second-order valence-electron chi connectivity index (χ2n) is 3.06. The zero-order valence-corrected chi connectivity index (χ0v) is 8.27. The van der Waals surface area contributed by atoms with Gasteiger partial charge in [0.15, 0.2) is 0 Å². The van der Waals surface area contributed by atoms with Crippen LogP contribution in [0.3, 0.4) is 0 Å². The predicted octanol–water partition coefficient (Wildman–Crippen LogP) is 3.01. The van der Waals surface area contributed by atoms with Crippen molar-refractivity contribution in [2.45, 2.75) is 27.7 Å². The third-order valence-electron chi connectivity index (χ3n) is 2.31. The highest BCUT2D eigenvalue weighted by molar-refractivity contribution is 5.42. The zero-order chi connectivity index (χ0) is 9.14. The summed E-state index contributed by atoms with van der Waals surface area (Å²) >= 11 is 0. The Hall–Kier alpha value is -0.980. The van der Waals surface area contributed by atoms with Crippen LogP contribution in [-0.2, 0) is 0 Å². The molecule has 0 bridgehead atoms. The van der Waals surface area contributed by atoms with Crippen LogP contribution in [0.5, 0.6) is 5.75 Å². The van der Waals surface area contributed by atoms with Gasteiger partial charge in [-0.05, 0) is 50.5 Å². The summed E-state index contributed by atoms with van der Waals surface area (Å²) in [6.45, 7) is 9.11. The molecule has 0 spiro atoms. The van der Waals surface area contributed by atoms with Gasteiger partial charge < -0.3 is 4.74 Å². The second-order valence-corrected chi connectivity index (χ2v) is 3.06. The van der Waals surface area contributed by atoms with Gasteiger partial charge in [0.2, 0.25) is 0 Å². The minimum Gasteiger partial charge on any atom is -0.494 e. The molecule has 1 rings (SSSR count). The molecule has 0 fully saturated rings. The van der Waals surface area contributed by atoms with Crippen LogP contribution in [0.4, 0.5) is 0 Å². The minimum absolute atomic E-state index is 0.739. The highest BCUT2D eigenvalue weighted by atomic mass is 16.5. The molecule has 66 valence electrons. The molecule has 1 nitrogen and oxygen atoms in total. The van der Waals surface area contributed by atoms with Gasteiger partial charge >= 0.3 is 0 Å². The molecular formula is C11H16O. The lowest BCUT2D eigenvalue weighted by Crippen LogP contribution is -1.96. The molecule has 1 aromatic carbocycles. The van der Waals surface area contributed by atoms with Gasteiger partial charge in [-0.1, -0.05) is 6.07 Å². The van der Waals surface area contributed by atoms with Crippen molar-refractivity contribution in [2.24, 2.45) is 0 Å². The van der Waals surface area contributed by atoms with Gasteiger partial charge in [-0.25, -0.2) is 0 Å². The number of ether oxygens (including phenoxy) is 1. The Bertz CT molecular complexity index is 277. The summed E-state index contributed by atoms with van der Waals surface area (Å²) in [6.07, 6.45) is 0. The Balaban J connectivity index is 3.08. The lowest BCUT2D eigenvalue weighted by Gasteiger charge is -2.10. The molecule has 0 aliphatic carbocycles. The molecule has 1 aromatic rings. The number of benzene rings is 1. The van der Waals surface area contributed by atoms with E-state index in [4.69, 9.17) is 4.74 Å². The SMILES string of the molecule is CCOc1ccc(C)c(C)c1C. The van der Waals surface area contributed by atoms with Gasteiger partial charge in [0.1, 0.15) is 5.75 Å². The summed E-state index contributed by atoms with van der Waals surface area (Å²) in [5.41, 5.74) is 3.92. The molecule has 0 unspecified atom stereocenters. The van der Waals surface area contributed by atoms with E-state index in [0.717, 1.165) is 12.4 Å². The van der Waals surface area contributed by atoms with Gasteiger partial charge in [0.25, 0.3) is 0 Å². The minimum atomic E-state index is 0.739. The normalized spacial score (nSPS) is 10.0. The van der Waals surface area contributed by atoms with E-state index < -0.39 is 0 Å². The molecule has 0 heterocycles. The lowest BCUT2D eigenvalue weighted by atomic mass is 10.0. The van der Waals surface area contributed by atoms with Gasteiger partial charge in [-0.2, -0.15) is 0 Å². The number of hydrogen-bond donors (Lipinski definition) is 0. The van der Waals surface area contributed by atoms with Crippen LogP contribution >= 0.6 is 0 Å². The zero-order valence-electron chi connectivity index (χ0n) is 8.27. The van der Waals surface area contributed by atoms with Crippen LogP contribution in [-0.4, -0.2) is 6.61 Å². The maximum absolute atomic E-state index is 5.47. The first-order valence-corrected chi connectivity index (χ1v) is 4.36. The van der Waals surface area contributed by atoms with E-state index >= 15 is 0 Å².